The van der Waals surface area contributed by atoms with Gasteiger partial charge in [-0.2, -0.15) is 0 Å². The molecule has 1 aliphatic carbocycles. The van der Waals surface area contributed by atoms with Gasteiger partial charge < -0.3 is 14.8 Å². The van der Waals surface area contributed by atoms with E-state index in [1.807, 2.05) is 25.2 Å². The second-order valence-electron chi connectivity index (χ2n) is 6.29. The van der Waals surface area contributed by atoms with E-state index in [0.29, 0.717) is 5.92 Å². The lowest BCUT2D eigenvalue weighted by molar-refractivity contribution is -0.147. The Kier molecular flexibility index (Phi) is 4.43. The van der Waals surface area contributed by atoms with Gasteiger partial charge in [0.05, 0.1) is 12.7 Å². The first kappa shape index (κ1) is 15.1. The molecular weight excluding hydrogens is 286 g/mol. The minimum atomic E-state index is 0.157. The number of rotatable bonds is 4. The number of benzene rings is 1. The Hall–Kier alpha value is -0.770. The highest BCUT2D eigenvalue weighted by Crippen LogP contribution is 2.48. The summed E-state index contributed by atoms with van der Waals surface area (Å²) in [6.07, 6.45) is 5.95. The summed E-state index contributed by atoms with van der Waals surface area (Å²) in [5, 5.41) is 4.24. The van der Waals surface area contributed by atoms with Crippen molar-refractivity contribution in [3.05, 3.63) is 28.8 Å². The van der Waals surface area contributed by atoms with E-state index in [0.717, 1.165) is 35.8 Å². The Balaban J connectivity index is 1.85. The largest absolute Gasteiger partial charge is 0.496 e. The van der Waals surface area contributed by atoms with Crippen LogP contribution in [0.4, 0.5) is 0 Å². The topological polar surface area (TPSA) is 30.5 Å². The van der Waals surface area contributed by atoms with Gasteiger partial charge in [-0.1, -0.05) is 11.6 Å². The average molecular weight is 310 g/mol. The molecule has 0 bridgehead atoms. The molecule has 21 heavy (non-hydrogen) atoms. The maximum Gasteiger partial charge on any atom is 0.123 e. The Morgan fingerprint density at radius 2 is 2.24 bits per heavy atom. The van der Waals surface area contributed by atoms with Crippen molar-refractivity contribution in [2.75, 3.05) is 20.8 Å². The monoisotopic (exact) mass is 309 g/mol. The first-order valence-corrected chi connectivity index (χ1v) is 8.20. The van der Waals surface area contributed by atoms with Crippen molar-refractivity contribution in [3.8, 4) is 5.75 Å². The van der Waals surface area contributed by atoms with Crippen molar-refractivity contribution in [3.63, 3.8) is 0 Å². The van der Waals surface area contributed by atoms with Crippen LogP contribution in [0.1, 0.15) is 43.7 Å². The van der Waals surface area contributed by atoms with E-state index in [2.05, 4.69) is 5.32 Å². The number of hydrogen-bond acceptors (Lipinski definition) is 3. The molecule has 0 amide bonds. The molecule has 0 radical (unpaired) electrons. The van der Waals surface area contributed by atoms with Crippen molar-refractivity contribution in [1.82, 2.24) is 5.32 Å². The molecular formula is C17H24ClNO2. The van der Waals surface area contributed by atoms with Crippen molar-refractivity contribution in [2.45, 2.75) is 43.7 Å². The van der Waals surface area contributed by atoms with Gasteiger partial charge in [-0.3, -0.25) is 0 Å². The van der Waals surface area contributed by atoms with Gasteiger partial charge in [0.15, 0.2) is 0 Å². The van der Waals surface area contributed by atoms with Crippen molar-refractivity contribution in [2.24, 2.45) is 5.92 Å². The van der Waals surface area contributed by atoms with Crippen LogP contribution in [0.2, 0.25) is 5.02 Å². The Labute approximate surface area is 132 Å². The summed E-state index contributed by atoms with van der Waals surface area (Å²) in [5.41, 5.74) is 1.32. The molecule has 2 unspecified atom stereocenters. The third kappa shape index (κ3) is 2.92. The van der Waals surface area contributed by atoms with Gasteiger partial charge in [0.1, 0.15) is 5.75 Å². The zero-order valence-electron chi connectivity index (χ0n) is 12.8. The van der Waals surface area contributed by atoms with Crippen LogP contribution in [0.15, 0.2) is 18.2 Å². The normalized spacial score (nSPS) is 25.4. The lowest BCUT2D eigenvalue weighted by Crippen LogP contribution is -2.47. The van der Waals surface area contributed by atoms with Gasteiger partial charge in [-0.25, -0.2) is 0 Å². The fourth-order valence-electron chi connectivity index (χ4n) is 3.86. The maximum absolute atomic E-state index is 6.20. The van der Waals surface area contributed by atoms with E-state index in [1.165, 1.54) is 19.3 Å². The van der Waals surface area contributed by atoms with Crippen LogP contribution >= 0.6 is 11.6 Å². The average Bonchev–Trinajstić information content (AvgIpc) is 2.47. The molecule has 1 aromatic rings. The third-order valence-electron chi connectivity index (χ3n) is 5.11. The molecule has 3 nitrogen and oxygen atoms in total. The summed E-state index contributed by atoms with van der Waals surface area (Å²) < 4.78 is 11.6. The minimum Gasteiger partial charge on any atom is -0.496 e. The van der Waals surface area contributed by atoms with E-state index in [1.54, 1.807) is 7.11 Å². The Morgan fingerprint density at radius 3 is 2.86 bits per heavy atom. The second-order valence-corrected chi connectivity index (χ2v) is 6.73. The van der Waals surface area contributed by atoms with Crippen molar-refractivity contribution >= 4 is 11.6 Å². The molecule has 3 rings (SSSR count). The van der Waals surface area contributed by atoms with Gasteiger partial charge in [0.2, 0.25) is 0 Å². The Bertz CT molecular complexity index is 502. The zero-order valence-corrected chi connectivity index (χ0v) is 13.6. The number of methoxy groups -OCH3 is 1. The standard InChI is InChI=1S/C17H24ClNO2/c1-19-16(14-10-13(18)4-5-15(14)20-2)12-6-9-21-17(11-12)7-3-8-17/h4-5,10,12,16,19H,3,6-9,11H2,1-2H3. The number of ether oxygens (including phenoxy) is 2. The SMILES string of the molecule is CNC(c1cc(Cl)ccc1OC)C1CCOC2(CCC2)C1. The quantitative estimate of drug-likeness (QED) is 0.913. The fraction of sp³-hybridized carbons (Fsp3) is 0.647. The summed E-state index contributed by atoms with van der Waals surface area (Å²) in [6, 6.07) is 6.14. The zero-order chi connectivity index (χ0) is 14.9. The van der Waals surface area contributed by atoms with Gasteiger partial charge in [0, 0.05) is 23.2 Å². The van der Waals surface area contributed by atoms with Gasteiger partial charge >= 0.3 is 0 Å². The highest BCUT2D eigenvalue weighted by molar-refractivity contribution is 6.30. The Morgan fingerprint density at radius 1 is 1.43 bits per heavy atom. The van der Waals surface area contributed by atoms with E-state index in [9.17, 15) is 0 Å². The van der Waals surface area contributed by atoms with Gasteiger partial charge in [0.25, 0.3) is 0 Å². The first-order valence-electron chi connectivity index (χ1n) is 7.82. The van der Waals surface area contributed by atoms with Crippen LogP contribution in [0, 0.1) is 5.92 Å². The smallest absolute Gasteiger partial charge is 0.123 e. The second kappa shape index (κ2) is 6.15. The number of halogens is 1. The molecule has 2 aliphatic rings. The van der Waals surface area contributed by atoms with Crippen LogP contribution in [-0.2, 0) is 4.74 Å². The molecule has 1 heterocycles. The van der Waals surface area contributed by atoms with E-state index < -0.39 is 0 Å². The van der Waals surface area contributed by atoms with Crippen LogP contribution < -0.4 is 10.1 Å². The number of nitrogens with one attached hydrogen (secondary N) is 1. The molecule has 1 aliphatic heterocycles. The fourth-order valence-corrected chi connectivity index (χ4v) is 4.04. The summed E-state index contributed by atoms with van der Waals surface area (Å²) in [6.45, 7) is 0.867. The molecule has 116 valence electrons. The predicted octanol–water partition coefficient (Wildman–Crippen LogP) is 3.96. The van der Waals surface area contributed by atoms with Gasteiger partial charge in [-0.15, -0.1) is 0 Å². The molecule has 2 atom stereocenters. The molecule has 1 N–H and O–H groups in total. The molecule has 1 saturated heterocycles. The lowest BCUT2D eigenvalue weighted by Gasteiger charge is -2.49. The lowest BCUT2D eigenvalue weighted by atomic mass is 9.69. The summed E-state index contributed by atoms with van der Waals surface area (Å²) in [7, 11) is 3.74. The number of hydrogen-bond donors (Lipinski definition) is 1. The van der Waals surface area contributed by atoms with Crippen LogP contribution in [0.5, 0.6) is 5.75 Å². The molecule has 0 aromatic heterocycles. The van der Waals surface area contributed by atoms with E-state index in [4.69, 9.17) is 21.1 Å². The van der Waals surface area contributed by atoms with Crippen LogP contribution in [0.3, 0.4) is 0 Å². The third-order valence-corrected chi connectivity index (χ3v) is 5.34. The van der Waals surface area contributed by atoms with Crippen molar-refractivity contribution in [1.29, 1.82) is 0 Å². The van der Waals surface area contributed by atoms with Crippen LogP contribution in [0.25, 0.3) is 0 Å². The van der Waals surface area contributed by atoms with E-state index >= 15 is 0 Å². The van der Waals surface area contributed by atoms with Crippen molar-refractivity contribution < 1.29 is 9.47 Å². The first-order chi connectivity index (χ1) is 10.2. The highest BCUT2D eigenvalue weighted by atomic mass is 35.5. The molecule has 2 fully saturated rings. The summed E-state index contributed by atoms with van der Waals surface area (Å²) in [4.78, 5) is 0. The molecule has 1 aromatic carbocycles. The van der Waals surface area contributed by atoms with E-state index in [-0.39, 0.29) is 11.6 Å². The highest BCUT2D eigenvalue weighted by Gasteiger charge is 2.44. The summed E-state index contributed by atoms with van der Waals surface area (Å²) in [5.74, 6) is 1.48. The maximum atomic E-state index is 6.20. The van der Waals surface area contributed by atoms with Crippen LogP contribution in [-0.4, -0.2) is 26.4 Å². The summed E-state index contributed by atoms with van der Waals surface area (Å²) >= 11 is 6.20. The minimum absolute atomic E-state index is 0.157. The predicted molar refractivity (Wildman–Crippen MR) is 85.1 cm³/mol. The molecule has 1 saturated carbocycles. The van der Waals surface area contributed by atoms with Gasteiger partial charge in [-0.05, 0) is 63.3 Å². The molecule has 1 spiro atoms. The molecule has 4 heteroatoms.